The maximum absolute atomic E-state index is 2.48. The number of nitrogens with zero attached hydrogens (tertiary/aromatic N) is 1. The van der Waals surface area contributed by atoms with Gasteiger partial charge in [-0.3, -0.25) is 0 Å². The molecule has 0 aromatic carbocycles. The van der Waals surface area contributed by atoms with Gasteiger partial charge in [0.25, 0.3) is 0 Å². The van der Waals surface area contributed by atoms with Gasteiger partial charge in [0.15, 0.2) is 0 Å². The first-order valence-electron chi connectivity index (χ1n) is 5.92. The van der Waals surface area contributed by atoms with Crippen LogP contribution in [-0.4, -0.2) is 23.9 Å². The van der Waals surface area contributed by atoms with Crippen molar-refractivity contribution in [2.24, 2.45) is 0 Å². The van der Waals surface area contributed by atoms with Crippen LogP contribution in [0.5, 0.6) is 0 Å². The van der Waals surface area contributed by atoms with Crippen LogP contribution in [0.1, 0.15) is 59.3 Å². The van der Waals surface area contributed by atoms with Gasteiger partial charge in [-0.05, 0) is 6.42 Å². The molecule has 0 aliphatic heterocycles. The van der Waals surface area contributed by atoms with Crippen LogP contribution in [0.25, 0.3) is 0 Å². The fourth-order valence-corrected chi connectivity index (χ4v) is 1.54. The summed E-state index contributed by atoms with van der Waals surface area (Å²) in [5.41, 5.74) is 0. The molecule has 0 unspecified atom stereocenters. The van der Waals surface area contributed by atoms with Gasteiger partial charge in [0, 0.05) is 19.3 Å². The van der Waals surface area contributed by atoms with Crippen molar-refractivity contribution in [3.05, 3.63) is 0 Å². The van der Waals surface area contributed by atoms with Crippen LogP contribution in [0.4, 0.5) is 0 Å². The van der Waals surface area contributed by atoms with E-state index >= 15 is 0 Å². The Morgan fingerprint density at radius 1 is 0.846 bits per heavy atom. The van der Waals surface area contributed by atoms with Gasteiger partial charge in [0.2, 0.25) is 0 Å². The molecule has 0 saturated carbocycles. The Balaban J connectivity index is 3.61. The normalized spacial score (nSPS) is 10.1. The Hall–Kier alpha value is -0.330. The lowest BCUT2D eigenvalue weighted by Gasteiger charge is -2.00. The minimum atomic E-state index is 1.24. The lowest BCUT2D eigenvalue weighted by atomic mass is 10.2. The topological polar surface area (TPSA) is 3.01 Å². The van der Waals surface area contributed by atoms with E-state index < -0.39 is 0 Å². The van der Waals surface area contributed by atoms with Crippen molar-refractivity contribution < 1.29 is 4.58 Å². The molecule has 13 heavy (non-hydrogen) atoms. The van der Waals surface area contributed by atoms with Crippen LogP contribution >= 0.6 is 0 Å². The molecule has 0 bridgehead atoms. The molecule has 1 nitrogen and oxygen atoms in total. The molecule has 0 spiro atoms. The molecule has 0 atom stereocenters. The standard InChI is InChI=1S/C12H26N/c1-4-7-8-9-12-13(10-5-2)11-6-3/h12H,4-11H2,1-3H3/q+1. The van der Waals surface area contributed by atoms with E-state index in [1.807, 2.05) is 0 Å². The minimum Gasteiger partial charge on any atom is -0.240 e. The lowest BCUT2D eigenvalue weighted by Crippen LogP contribution is -2.15. The van der Waals surface area contributed by atoms with Crippen molar-refractivity contribution in [2.75, 3.05) is 13.1 Å². The van der Waals surface area contributed by atoms with Gasteiger partial charge in [-0.2, -0.15) is 0 Å². The van der Waals surface area contributed by atoms with Crippen molar-refractivity contribution in [1.29, 1.82) is 0 Å². The van der Waals surface area contributed by atoms with E-state index in [1.165, 1.54) is 51.6 Å². The van der Waals surface area contributed by atoms with Gasteiger partial charge in [0.05, 0.1) is 0 Å². The highest BCUT2D eigenvalue weighted by Crippen LogP contribution is 1.96. The first-order chi connectivity index (χ1) is 6.35. The van der Waals surface area contributed by atoms with E-state index in [-0.39, 0.29) is 0 Å². The summed E-state index contributed by atoms with van der Waals surface area (Å²) in [6.07, 6.45) is 10.3. The molecule has 0 saturated heterocycles. The monoisotopic (exact) mass is 184 g/mol. The fraction of sp³-hybridized carbons (Fsp3) is 0.917. The first-order valence-corrected chi connectivity index (χ1v) is 5.92. The molecular formula is C12H26N+. The molecule has 0 aliphatic rings. The van der Waals surface area contributed by atoms with Crippen LogP contribution < -0.4 is 0 Å². The molecule has 0 radical (unpaired) electrons. The van der Waals surface area contributed by atoms with E-state index in [2.05, 4.69) is 31.6 Å². The van der Waals surface area contributed by atoms with E-state index in [1.54, 1.807) is 0 Å². The lowest BCUT2D eigenvalue weighted by molar-refractivity contribution is -0.524. The van der Waals surface area contributed by atoms with E-state index in [9.17, 15) is 0 Å². The molecule has 78 valence electrons. The smallest absolute Gasteiger partial charge is 0.142 e. The second-order valence-electron chi connectivity index (χ2n) is 3.71. The van der Waals surface area contributed by atoms with Gasteiger partial charge < -0.3 is 0 Å². The second kappa shape index (κ2) is 9.76. The van der Waals surface area contributed by atoms with Crippen LogP contribution in [0.3, 0.4) is 0 Å². The summed E-state index contributed by atoms with van der Waals surface area (Å²) in [4.78, 5) is 0. The van der Waals surface area contributed by atoms with Gasteiger partial charge in [0.1, 0.15) is 19.3 Å². The first kappa shape index (κ1) is 12.7. The Labute approximate surface area is 83.9 Å². The summed E-state index contributed by atoms with van der Waals surface area (Å²) in [7, 11) is 0. The van der Waals surface area contributed by atoms with Gasteiger partial charge in [-0.25, -0.2) is 4.58 Å². The molecule has 0 aliphatic carbocycles. The zero-order valence-corrected chi connectivity index (χ0v) is 9.68. The van der Waals surface area contributed by atoms with Gasteiger partial charge >= 0.3 is 0 Å². The predicted octanol–water partition coefficient (Wildman–Crippen LogP) is 3.47. The third-order valence-corrected chi connectivity index (χ3v) is 2.22. The number of hydrogen-bond donors (Lipinski definition) is 0. The van der Waals surface area contributed by atoms with Crippen molar-refractivity contribution in [1.82, 2.24) is 0 Å². The predicted molar refractivity (Wildman–Crippen MR) is 60.8 cm³/mol. The minimum absolute atomic E-state index is 1.24. The Morgan fingerprint density at radius 2 is 1.46 bits per heavy atom. The van der Waals surface area contributed by atoms with E-state index in [4.69, 9.17) is 0 Å². The second-order valence-corrected chi connectivity index (χ2v) is 3.71. The van der Waals surface area contributed by atoms with Crippen molar-refractivity contribution in [2.45, 2.75) is 59.3 Å². The summed E-state index contributed by atoms with van der Waals surface area (Å²) in [5.74, 6) is 0. The highest BCUT2D eigenvalue weighted by atomic mass is 15.0. The quantitative estimate of drug-likeness (QED) is 0.309. The molecule has 0 amide bonds. The highest BCUT2D eigenvalue weighted by molar-refractivity contribution is 5.50. The number of unbranched alkanes of at least 4 members (excludes halogenated alkanes) is 3. The average molecular weight is 184 g/mol. The summed E-state index contributed by atoms with van der Waals surface area (Å²) in [6, 6.07) is 0. The largest absolute Gasteiger partial charge is 0.240 e. The van der Waals surface area contributed by atoms with Crippen LogP contribution in [0.2, 0.25) is 0 Å². The van der Waals surface area contributed by atoms with E-state index in [0.717, 1.165) is 0 Å². The summed E-state index contributed by atoms with van der Waals surface area (Å²) in [5, 5.41) is 0. The number of rotatable bonds is 8. The van der Waals surface area contributed by atoms with Gasteiger partial charge in [-0.15, -0.1) is 0 Å². The summed E-state index contributed by atoms with van der Waals surface area (Å²) in [6.45, 7) is 9.24. The van der Waals surface area contributed by atoms with Crippen LogP contribution in [-0.2, 0) is 0 Å². The molecule has 0 fully saturated rings. The maximum Gasteiger partial charge on any atom is 0.142 e. The molecule has 0 aromatic heterocycles. The molecule has 0 heterocycles. The fourth-order valence-electron chi connectivity index (χ4n) is 1.54. The van der Waals surface area contributed by atoms with Crippen molar-refractivity contribution >= 4 is 6.21 Å². The molecule has 0 rings (SSSR count). The zero-order valence-electron chi connectivity index (χ0n) is 9.68. The van der Waals surface area contributed by atoms with Gasteiger partial charge in [-0.1, -0.05) is 33.6 Å². The third-order valence-electron chi connectivity index (χ3n) is 2.22. The van der Waals surface area contributed by atoms with Crippen LogP contribution in [0, 0.1) is 0 Å². The number of hydrogen-bond acceptors (Lipinski definition) is 0. The molecule has 1 heteroatoms. The molecule has 0 aromatic rings. The summed E-state index contributed by atoms with van der Waals surface area (Å²) >= 11 is 0. The zero-order chi connectivity index (χ0) is 9.94. The van der Waals surface area contributed by atoms with Crippen molar-refractivity contribution in [3.63, 3.8) is 0 Å². The maximum atomic E-state index is 2.48. The van der Waals surface area contributed by atoms with Crippen molar-refractivity contribution in [3.8, 4) is 0 Å². The third kappa shape index (κ3) is 8.01. The highest BCUT2D eigenvalue weighted by Gasteiger charge is 1.99. The Morgan fingerprint density at radius 3 is 1.92 bits per heavy atom. The average Bonchev–Trinajstić information content (AvgIpc) is 2.13. The Bertz CT molecular complexity index is 119. The molecular weight excluding hydrogens is 158 g/mol. The summed E-state index contributed by atoms with van der Waals surface area (Å²) < 4.78 is 2.48. The van der Waals surface area contributed by atoms with Crippen LogP contribution in [0.15, 0.2) is 0 Å². The van der Waals surface area contributed by atoms with E-state index in [0.29, 0.717) is 0 Å². The SMILES string of the molecule is CCCCCC=[N+](CCC)CCC. The Kier molecular flexibility index (Phi) is 9.51. The molecule has 0 N–H and O–H groups in total.